The summed E-state index contributed by atoms with van der Waals surface area (Å²) in [5, 5.41) is 56.4. The maximum atomic E-state index is 14.9. The van der Waals surface area contributed by atoms with Crippen molar-refractivity contribution in [1.82, 2.24) is 36.9 Å². The van der Waals surface area contributed by atoms with Crippen LogP contribution >= 0.6 is 0 Å². The van der Waals surface area contributed by atoms with Crippen LogP contribution in [0.25, 0.3) is 10.9 Å². The zero-order valence-corrected chi connectivity index (χ0v) is 39.5. The van der Waals surface area contributed by atoms with E-state index in [4.69, 9.17) is 5.73 Å². The number of hydrogen-bond acceptors (Lipinski definition) is 11. The molecule has 5 aromatic carbocycles. The number of aromatic nitrogens is 1. The van der Waals surface area contributed by atoms with Gasteiger partial charge in [-0.2, -0.15) is 0 Å². The van der Waals surface area contributed by atoms with E-state index >= 15 is 0 Å². The van der Waals surface area contributed by atoms with Gasteiger partial charge in [0, 0.05) is 49.2 Å². The molecule has 7 atom stereocenters. The van der Waals surface area contributed by atoms with E-state index in [2.05, 4.69) is 36.9 Å². The predicted octanol–water partition coefficient (Wildman–Crippen LogP) is 2.16. The topological polar surface area (TPSA) is 314 Å². The van der Waals surface area contributed by atoms with E-state index in [1.54, 1.807) is 54.7 Å². The summed E-state index contributed by atoms with van der Waals surface area (Å²) in [5.74, 6) is -6.26. The number of hydrogen-bond donors (Lipinski definition) is 12. The fraction of sp³-hybridized carbons (Fsp3) is 0.264. The molecule has 1 aromatic heterocycles. The Balaban J connectivity index is 1.34. The summed E-state index contributed by atoms with van der Waals surface area (Å²) in [6, 6.07) is 24.5. The quantitative estimate of drug-likeness (QED) is 0.0440. The minimum absolute atomic E-state index is 0.0283. The van der Waals surface area contributed by atoms with Gasteiger partial charge >= 0.3 is 5.97 Å². The third kappa shape index (κ3) is 15.1. The minimum atomic E-state index is -1.47. The van der Waals surface area contributed by atoms with Gasteiger partial charge in [-0.15, -0.1) is 0 Å². The molecule has 0 radical (unpaired) electrons. The van der Waals surface area contributed by atoms with E-state index in [1.807, 2.05) is 18.2 Å². The molecule has 72 heavy (non-hydrogen) atoms. The van der Waals surface area contributed by atoms with E-state index in [1.165, 1.54) is 74.5 Å². The summed E-state index contributed by atoms with van der Waals surface area (Å²) in [6.07, 6.45) is 1.06. The lowest BCUT2D eigenvalue weighted by Crippen LogP contribution is -2.61. The van der Waals surface area contributed by atoms with Gasteiger partial charge in [-0.05, 0) is 84.1 Å². The van der Waals surface area contributed by atoms with Crippen molar-refractivity contribution in [3.63, 3.8) is 0 Å². The second-order valence-corrected chi connectivity index (χ2v) is 17.5. The van der Waals surface area contributed by atoms with Crippen LogP contribution in [-0.4, -0.2) is 109 Å². The highest BCUT2D eigenvalue weighted by Crippen LogP contribution is 2.21. The molecule has 1 heterocycles. The molecule has 19 heteroatoms. The average Bonchev–Trinajstić information content (AvgIpc) is 3.77. The molecule has 0 spiro atoms. The molecule has 19 nitrogen and oxygen atoms in total. The summed E-state index contributed by atoms with van der Waals surface area (Å²) < 4.78 is 0. The van der Waals surface area contributed by atoms with Gasteiger partial charge in [0.1, 0.15) is 53.5 Å². The second-order valence-electron chi connectivity index (χ2n) is 17.5. The number of rotatable bonds is 23. The Kier molecular flexibility index (Phi) is 18.1. The number of carboxylic acids is 1. The average molecular weight is 983 g/mol. The molecule has 0 aliphatic carbocycles. The van der Waals surface area contributed by atoms with E-state index in [9.17, 15) is 54.0 Å². The Morgan fingerprint density at radius 3 is 1.17 bits per heavy atom. The van der Waals surface area contributed by atoms with Crippen molar-refractivity contribution in [3.05, 3.63) is 161 Å². The minimum Gasteiger partial charge on any atom is -0.508 e. The highest BCUT2D eigenvalue weighted by molar-refractivity contribution is 5.98. The molecule has 6 amide bonds. The molecule has 0 saturated heterocycles. The van der Waals surface area contributed by atoms with Crippen molar-refractivity contribution in [2.24, 2.45) is 5.73 Å². The number of H-pyrrole nitrogens is 1. The molecule has 13 N–H and O–H groups in total. The fourth-order valence-electron chi connectivity index (χ4n) is 7.79. The Morgan fingerprint density at radius 1 is 0.444 bits per heavy atom. The number of carboxylic acid groups (broad SMARTS) is 1. The van der Waals surface area contributed by atoms with Crippen LogP contribution in [0.5, 0.6) is 17.2 Å². The highest BCUT2D eigenvalue weighted by atomic mass is 16.4. The number of fused-ring (bicyclic) bond motifs is 1. The number of para-hydroxylation sites is 1. The smallest absolute Gasteiger partial charge is 0.325 e. The Bertz CT molecular complexity index is 2840. The van der Waals surface area contributed by atoms with Crippen molar-refractivity contribution < 1.29 is 54.0 Å². The van der Waals surface area contributed by atoms with Crippen LogP contribution in [0.15, 0.2) is 134 Å². The van der Waals surface area contributed by atoms with E-state index < -0.39 is 83.7 Å². The summed E-state index contributed by atoms with van der Waals surface area (Å²) in [5.41, 5.74) is 9.37. The third-order valence-electron chi connectivity index (χ3n) is 11.8. The molecular formula is C53H58N8O11. The number of phenols is 3. The first-order valence-corrected chi connectivity index (χ1v) is 23.2. The highest BCUT2D eigenvalue weighted by Gasteiger charge is 2.34. The van der Waals surface area contributed by atoms with Crippen LogP contribution in [0.3, 0.4) is 0 Å². The van der Waals surface area contributed by atoms with Crippen molar-refractivity contribution in [1.29, 1.82) is 0 Å². The number of aliphatic carboxylic acids is 1. The molecular weight excluding hydrogens is 925 g/mol. The lowest BCUT2D eigenvalue weighted by Gasteiger charge is -2.28. The van der Waals surface area contributed by atoms with Crippen LogP contribution in [0.2, 0.25) is 0 Å². The Hall–Kier alpha value is -8.71. The van der Waals surface area contributed by atoms with Crippen LogP contribution in [0.4, 0.5) is 0 Å². The van der Waals surface area contributed by atoms with Crippen molar-refractivity contribution >= 4 is 52.3 Å². The summed E-state index contributed by atoms with van der Waals surface area (Å²) >= 11 is 0. The van der Waals surface area contributed by atoms with Gasteiger partial charge in [0.15, 0.2) is 0 Å². The maximum absolute atomic E-state index is 14.9. The fourth-order valence-corrected chi connectivity index (χ4v) is 7.79. The van der Waals surface area contributed by atoms with E-state index in [0.29, 0.717) is 27.8 Å². The summed E-state index contributed by atoms with van der Waals surface area (Å²) in [7, 11) is 0. The third-order valence-corrected chi connectivity index (χ3v) is 11.8. The van der Waals surface area contributed by atoms with Gasteiger partial charge in [-0.3, -0.25) is 33.6 Å². The lowest BCUT2D eigenvalue weighted by molar-refractivity contribution is -0.141. The number of aromatic amines is 1. The van der Waals surface area contributed by atoms with E-state index in [0.717, 1.165) is 10.9 Å². The standard InChI is InChI=1S/C53H58N8O11/c1-30(54)47(65)57-43(24-32-8-4-3-5-9-32)49(67)59-44(26-34-14-20-38(63)21-15-34)50(68)60-45(27-35-16-22-39(64)23-17-35)51(69)61-46(28-36-29-55-41-11-7-6-10-40(36)41)52(70)58-42(48(66)56-31(2)53(71)72)25-33-12-18-37(62)19-13-33/h3-23,29-31,42-46,55,62-64H,24-28,54H2,1-2H3,(H,56,66)(H,57,65)(H,58,70)(H,59,67)(H,60,68)(H,61,69)(H,71,72)/t30-,31-,42-,43-,44-,45-,46-/m0/s1. The Morgan fingerprint density at radius 2 is 0.778 bits per heavy atom. The SMILES string of the molecule is C[C@H](N)C(=O)N[C@@H](Cc1ccccc1)C(=O)N[C@@H](Cc1ccc(O)cc1)C(=O)N[C@@H](Cc1ccc(O)cc1)C(=O)N[C@@H](Cc1c[nH]c2ccccc12)C(=O)N[C@@H](Cc1ccc(O)cc1)C(=O)N[C@@H](C)C(=O)O. The number of aromatic hydroxyl groups is 3. The number of carbonyl (C=O) groups excluding carboxylic acids is 6. The zero-order valence-electron chi connectivity index (χ0n) is 39.5. The van der Waals surface area contributed by atoms with Crippen molar-refractivity contribution in [3.8, 4) is 17.2 Å². The van der Waals surface area contributed by atoms with Gasteiger partial charge < -0.3 is 63.0 Å². The van der Waals surface area contributed by atoms with Crippen LogP contribution in [0.1, 0.15) is 41.7 Å². The van der Waals surface area contributed by atoms with Crippen LogP contribution in [-0.2, 0) is 65.7 Å². The molecule has 0 unspecified atom stereocenters. The number of phenolic OH excluding ortho intramolecular Hbond substituents is 3. The number of benzene rings is 5. The van der Waals surface area contributed by atoms with Crippen LogP contribution < -0.4 is 37.6 Å². The zero-order chi connectivity index (χ0) is 51.9. The molecule has 0 aliphatic heterocycles. The van der Waals surface area contributed by atoms with Crippen molar-refractivity contribution in [2.45, 2.75) is 88.2 Å². The molecule has 0 fully saturated rings. The summed E-state index contributed by atoms with van der Waals surface area (Å²) in [4.78, 5) is 99.9. The molecule has 6 aromatic rings. The molecule has 6 rings (SSSR count). The largest absolute Gasteiger partial charge is 0.508 e. The first-order chi connectivity index (χ1) is 34.4. The van der Waals surface area contributed by atoms with Crippen molar-refractivity contribution in [2.75, 3.05) is 0 Å². The van der Waals surface area contributed by atoms with Gasteiger partial charge in [0.25, 0.3) is 0 Å². The van der Waals surface area contributed by atoms with Gasteiger partial charge in [-0.25, -0.2) is 0 Å². The molecule has 376 valence electrons. The van der Waals surface area contributed by atoms with Crippen LogP contribution in [0, 0.1) is 0 Å². The maximum Gasteiger partial charge on any atom is 0.325 e. The normalized spacial score (nSPS) is 14.0. The van der Waals surface area contributed by atoms with Gasteiger partial charge in [0.2, 0.25) is 35.4 Å². The second kappa shape index (κ2) is 24.7. The first-order valence-electron chi connectivity index (χ1n) is 23.2. The first kappa shape index (κ1) is 52.7. The van der Waals surface area contributed by atoms with Gasteiger partial charge in [-0.1, -0.05) is 84.9 Å². The van der Waals surface area contributed by atoms with Gasteiger partial charge in [0.05, 0.1) is 6.04 Å². The predicted molar refractivity (Wildman–Crippen MR) is 266 cm³/mol. The number of nitrogens with two attached hydrogens (primary N) is 1. The monoisotopic (exact) mass is 982 g/mol. The molecule has 0 bridgehead atoms. The Labute approximate surface area is 414 Å². The molecule has 0 aliphatic rings. The lowest BCUT2D eigenvalue weighted by atomic mass is 9.99. The summed E-state index contributed by atoms with van der Waals surface area (Å²) in [6.45, 7) is 2.71. The number of carbonyl (C=O) groups is 7. The number of amides is 6. The number of nitrogens with one attached hydrogen (secondary N) is 7. The molecule has 0 saturated carbocycles. The van der Waals surface area contributed by atoms with E-state index in [-0.39, 0.29) is 49.4 Å².